The van der Waals surface area contributed by atoms with Gasteiger partial charge in [0.25, 0.3) is 23.6 Å². The molecule has 4 N–H and O–H groups in total. The molecule has 0 radical (unpaired) electrons. The summed E-state index contributed by atoms with van der Waals surface area (Å²) in [6.45, 7) is 0.983. The minimum atomic E-state index is -1.70. The van der Waals surface area contributed by atoms with Crippen LogP contribution in [0.4, 0.5) is 0 Å². The van der Waals surface area contributed by atoms with Crippen LogP contribution in [0.3, 0.4) is 0 Å². The Kier molecular flexibility index (Phi) is 29.8. The van der Waals surface area contributed by atoms with E-state index in [1.807, 2.05) is 24.3 Å². The zero-order valence-electron chi connectivity index (χ0n) is 59.5. The third-order valence-corrected chi connectivity index (χ3v) is 22.4. The van der Waals surface area contributed by atoms with E-state index in [1.165, 1.54) is 62.9 Å². The van der Waals surface area contributed by atoms with Crippen LogP contribution in [0.15, 0.2) is 271 Å². The Morgan fingerprint density at radius 2 is 0.833 bits per heavy atom. The van der Waals surface area contributed by atoms with E-state index in [0.717, 1.165) is 10.2 Å². The molecule has 2 aliphatic heterocycles. The SMILES string of the molecule is C#C[C@]1(O)CCN(C)C1=O.CNC(=O)c1ccc2c(c1)c(C(=O)OC)nn2-c1cccc(Br)c1.CNC(=O)c1ccc2c(c1)c(C(=O)OC)nn2-c1cccc(C#C[C@]2(O)CCN(C)C2=O)c1.[Cl][Pd][Cl].c1ccc(P(c2ccccc2)c2ccccc2)cc1.c1ccc(P(c2ccccc2)c2ccccc2)cc1. The minimum Gasteiger partial charge on any atom is -0.0622 e. The van der Waals surface area contributed by atoms with Gasteiger partial charge >= 0.3 is 46.9 Å². The molecule has 0 bridgehead atoms. The van der Waals surface area contributed by atoms with Gasteiger partial charge in [-0.25, -0.2) is 19.0 Å². The summed E-state index contributed by atoms with van der Waals surface area (Å²) in [6.07, 6.45) is 5.56. The van der Waals surface area contributed by atoms with Crippen molar-refractivity contribution in [3.05, 3.63) is 299 Å². The molecular formula is C84H75BrCl2N8O10P2Pd. The number of benzene rings is 10. The van der Waals surface area contributed by atoms with Gasteiger partial charge in [-0.1, -0.05) is 228 Å². The molecule has 12 aromatic rings. The molecule has 0 aliphatic carbocycles. The summed E-state index contributed by atoms with van der Waals surface area (Å²) in [7, 11) is 17.6. The molecule has 2 aliphatic rings. The standard InChI is InChI=1S/C24H22N4O5.2C18H15P.C17H14BrN3O3.C7H9NO2.2ClH.Pd/c1-25-21(29)16-7-8-19-18(14-16)20(22(30)33-3)26-28(19)17-6-4-5-15(13-17)9-10-24(32)11-12-27(2)23(24)31;2*1-4-10-16(11-5-1)19(17-12-6-2-7-13-17)18-14-8-3-9-15-18;1-19-16(22)10-6-7-14-13(8-10)15(17(23)24-2)20-21(14)12-5-3-4-11(18)9-12;1-3-7(10)4-5-8(2)6(7)9;;;/h4-8,13-14,32H,11-12H2,1-3H3,(H,25,29);2*1-15H;3-9H,1-2H3,(H,19,22);1,10H,4-5H2,2H3;2*1H;/q;;;;;;;+2/p-2/t24-;;;;7-;;;/m0...0.../s1. The summed E-state index contributed by atoms with van der Waals surface area (Å²) < 4.78 is 13.8. The maximum atomic E-state index is 12.3. The third kappa shape index (κ3) is 20.4. The van der Waals surface area contributed by atoms with Crippen LogP contribution in [0.5, 0.6) is 0 Å². The molecule has 2 atom stereocenters. The van der Waals surface area contributed by atoms with Gasteiger partial charge in [-0.2, -0.15) is 10.2 Å². The van der Waals surface area contributed by atoms with E-state index >= 15 is 0 Å². The first-order valence-electron chi connectivity index (χ1n) is 33.5. The van der Waals surface area contributed by atoms with Gasteiger partial charge in [0.05, 0.1) is 36.6 Å². The van der Waals surface area contributed by atoms with Crippen molar-refractivity contribution in [2.45, 2.75) is 24.0 Å². The molecule has 108 heavy (non-hydrogen) atoms. The van der Waals surface area contributed by atoms with Crippen molar-refractivity contribution in [3.8, 4) is 35.6 Å². The number of terminal acetylenes is 1. The minimum absolute atomic E-state index is 0.0728. The fourth-order valence-corrected chi connectivity index (χ4v) is 16.5. The van der Waals surface area contributed by atoms with Crippen molar-refractivity contribution in [1.29, 1.82) is 0 Å². The number of esters is 2. The van der Waals surface area contributed by atoms with E-state index < -0.39 is 44.9 Å². The first-order valence-corrected chi connectivity index (χ1v) is 40.9. The van der Waals surface area contributed by atoms with Crippen LogP contribution in [0.25, 0.3) is 33.2 Å². The number of carbonyl (C=O) groups excluding carboxylic acids is 6. The Bertz CT molecular complexity index is 4910. The Morgan fingerprint density at radius 1 is 0.500 bits per heavy atom. The maximum absolute atomic E-state index is 12.3. The van der Waals surface area contributed by atoms with E-state index in [4.69, 9.17) is 35.0 Å². The van der Waals surface area contributed by atoms with Crippen LogP contribution >= 0.6 is 50.8 Å². The van der Waals surface area contributed by atoms with E-state index in [-0.39, 0.29) is 51.5 Å². The van der Waals surface area contributed by atoms with Gasteiger partial charge in [0.15, 0.2) is 11.4 Å². The largest absolute Gasteiger partial charge is 0.0622 e. The second-order valence-corrected chi connectivity index (χ2v) is 31.7. The molecule has 14 rings (SSSR count). The van der Waals surface area contributed by atoms with Crippen molar-refractivity contribution in [3.63, 3.8) is 0 Å². The van der Waals surface area contributed by atoms with Gasteiger partial charge in [-0.3, -0.25) is 19.2 Å². The number of likely N-dealkylation sites (N-methyl/N-ethyl adjacent to an activating group) is 2. The summed E-state index contributed by atoms with van der Waals surface area (Å²) in [5, 5.41) is 43.2. The molecule has 4 amide bonds. The van der Waals surface area contributed by atoms with Crippen molar-refractivity contribution in [2.75, 3.05) is 55.5 Å². The van der Waals surface area contributed by atoms with Gasteiger partial charge in [-0.05, 0) is 120 Å². The van der Waals surface area contributed by atoms with Crippen molar-refractivity contribution in [1.82, 2.24) is 40.0 Å². The molecule has 10 aromatic carbocycles. The smallest absolute Gasteiger partial charge is 0.0134 e. The van der Waals surface area contributed by atoms with Crippen molar-refractivity contribution < 1.29 is 64.4 Å². The van der Waals surface area contributed by atoms with Crippen LogP contribution in [0.2, 0.25) is 0 Å². The number of nitrogens with zero attached hydrogens (tertiary/aromatic N) is 6. The summed E-state index contributed by atoms with van der Waals surface area (Å²) >= 11 is 3.32. The van der Waals surface area contributed by atoms with E-state index in [0.29, 0.717) is 63.7 Å². The molecule has 4 heterocycles. The Hall–Kier alpha value is -10.4. The Balaban J connectivity index is 0.000000160. The number of hydrogen-bond acceptors (Lipinski definition) is 12. The predicted molar refractivity (Wildman–Crippen MR) is 431 cm³/mol. The molecule has 2 aromatic heterocycles. The Labute approximate surface area is 654 Å². The average Bonchev–Trinajstić information content (AvgIpc) is 1.62. The normalized spacial score (nSPS) is 14.7. The molecular weight excluding hydrogens is 1600 g/mol. The number of methoxy groups -OCH3 is 2. The van der Waals surface area contributed by atoms with Crippen LogP contribution < -0.4 is 42.5 Å². The number of aromatic nitrogens is 4. The molecule has 0 unspecified atom stereocenters. The predicted octanol–water partition coefficient (Wildman–Crippen LogP) is 11.5. The van der Waals surface area contributed by atoms with Gasteiger partial charge in [-0.15, -0.1) is 6.42 Å². The van der Waals surface area contributed by atoms with E-state index in [9.17, 15) is 39.0 Å². The second-order valence-electron chi connectivity index (χ2n) is 24.0. The summed E-state index contributed by atoms with van der Waals surface area (Å²) in [5.41, 5.74) is 1.12. The zero-order valence-corrected chi connectivity index (χ0v) is 65.9. The van der Waals surface area contributed by atoms with Gasteiger partial charge in [0, 0.05) is 86.1 Å². The topological polar surface area (TPSA) is 228 Å². The summed E-state index contributed by atoms with van der Waals surface area (Å²) in [5.74, 6) is 5.17. The van der Waals surface area contributed by atoms with Crippen LogP contribution in [0.1, 0.15) is 60.1 Å². The molecule has 0 saturated carbocycles. The monoisotopic (exact) mass is 1670 g/mol. The Morgan fingerprint density at radius 3 is 1.13 bits per heavy atom. The summed E-state index contributed by atoms with van der Waals surface area (Å²) in [4.78, 5) is 74.4. The fourth-order valence-electron chi connectivity index (χ4n) is 11.5. The van der Waals surface area contributed by atoms with Gasteiger partial charge in [0.1, 0.15) is 0 Å². The number of nitrogens with one attached hydrogen (secondary N) is 2. The number of carbonyl (C=O) groups is 6. The van der Waals surface area contributed by atoms with E-state index in [1.54, 1.807) is 91.2 Å². The van der Waals surface area contributed by atoms with Gasteiger partial charge < -0.3 is 40.1 Å². The van der Waals surface area contributed by atoms with Gasteiger partial charge in [0.2, 0.25) is 11.2 Å². The number of aliphatic hydroxyl groups is 2. The molecule has 2 saturated heterocycles. The average molecular weight is 1680 g/mol. The number of fused-ring (bicyclic) bond motifs is 2. The van der Waals surface area contributed by atoms with Crippen LogP contribution in [0, 0.1) is 24.2 Å². The number of likely N-dealkylation sites (tertiary alicyclic amines) is 2. The number of amides is 4. The van der Waals surface area contributed by atoms with Crippen LogP contribution in [-0.2, 0) is 35.0 Å². The van der Waals surface area contributed by atoms with Crippen molar-refractivity contribution >= 4 is 140 Å². The first-order chi connectivity index (χ1) is 52.2. The maximum Gasteiger partial charge on any atom is -0.0134 e. The number of hydrogen-bond donors (Lipinski definition) is 4. The zero-order chi connectivity index (χ0) is 77.3. The molecule has 552 valence electrons. The molecule has 24 heteroatoms. The first kappa shape index (κ1) is 81.7. The second kappa shape index (κ2) is 39.4. The van der Waals surface area contributed by atoms with Crippen LogP contribution in [-0.4, -0.2) is 142 Å². The number of ether oxygens (including phenoxy) is 2. The number of halogens is 3. The molecule has 0 spiro atoms. The number of rotatable bonds is 12. The molecule has 2 fully saturated rings. The fraction of sp³-hybridized carbons (Fsp3) is 0.143. The van der Waals surface area contributed by atoms with E-state index in [2.05, 4.69) is 237 Å². The summed E-state index contributed by atoms with van der Waals surface area (Å²) in [6, 6.07) is 89.3. The molecule has 18 nitrogen and oxygen atoms in total. The van der Waals surface area contributed by atoms with Crippen molar-refractivity contribution in [2.24, 2.45) is 0 Å². The third-order valence-electron chi connectivity index (χ3n) is 17.0. The quantitative estimate of drug-likeness (QED) is 0.0388.